The molecule has 1 heterocycles. The van der Waals surface area contributed by atoms with Crippen LogP contribution in [-0.4, -0.2) is 27.5 Å². The molecule has 3 rings (SSSR count). The summed E-state index contributed by atoms with van der Waals surface area (Å²) in [6.07, 6.45) is 0.926. The van der Waals surface area contributed by atoms with Crippen molar-refractivity contribution >= 4 is 41.2 Å². The second-order valence-corrected chi connectivity index (χ2v) is 15.6. The highest BCUT2D eigenvalue weighted by molar-refractivity contribution is 9.10. The van der Waals surface area contributed by atoms with Gasteiger partial charge >= 0.3 is 5.97 Å². The van der Waals surface area contributed by atoms with Crippen LogP contribution in [0.5, 0.6) is 5.75 Å². The van der Waals surface area contributed by atoms with Crippen molar-refractivity contribution in [2.45, 2.75) is 65.3 Å². The summed E-state index contributed by atoms with van der Waals surface area (Å²) in [6, 6.07) is 13.7. The highest BCUT2D eigenvalue weighted by Crippen LogP contribution is 2.37. The number of ether oxygens (including phenoxy) is 2. The average molecular weight is 548 g/mol. The molecule has 2 aromatic carbocycles. The van der Waals surface area contributed by atoms with E-state index in [0.717, 1.165) is 38.7 Å². The van der Waals surface area contributed by atoms with E-state index in [0.29, 0.717) is 25.6 Å². The van der Waals surface area contributed by atoms with Gasteiger partial charge in [-0.15, -0.1) is 0 Å². The highest BCUT2D eigenvalue weighted by Gasteiger charge is 2.36. The topological polar surface area (TPSA) is 57.9 Å². The van der Waals surface area contributed by atoms with Crippen LogP contribution >= 0.6 is 15.9 Å². The van der Waals surface area contributed by atoms with Crippen molar-refractivity contribution in [2.75, 3.05) is 13.2 Å². The Hall–Kier alpha value is -2.09. The molecular formula is C27H35BrO5Si. The molecule has 1 aromatic heterocycles. The molecule has 184 valence electrons. The van der Waals surface area contributed by atoms with Crippen LogP contribution in [0, 0.1) is 0 Å². The maximum atomic E-state index is 11.9. The first kappa shape index (κ1) is 26.5. The zero-order valence-corrected chi connectivity index (χ0v) is 23.6. The Morgan fingerprint density at radius 2 is 1.85 bits per heavy atom. The van der Waals surface area contributed by atoms with Crippen molar-refractivity contribution in [2.24, 2.45) is 0 Å². The van der Waals surface area contributed by atoms with Crippen molar-refractivity contribution in [3.8, 4) is 5.75 Å². The molecule has 0 aliphatic carbocycles. The van der Waals surface area contributed by atoms with Crippen LogP contribution in [-0.2, 0) is 33.4 Å². The van der Waals surface area contributed by atoms with Gasteiger partial charge in [0.05, 0.1) is 17.5 Å². The van der Waals surface area contributed by atoms with E-state index in [9.17, 15) is 4.79 Å². The average Bonchev–Trinajstić information content (AvgIpc) is 3.16. The van der Waals surface area contributed by atoms with E-state index in [-0.39, 0.29) is 17.4 Å². The predicted molar refractivity (Wildman–Crippen MR) is 142 cm³/mol. The summed E-state index contributed by atoms with van der Waals surface area (Å²) in [5.74, 6) is 1.33. The van der Waals surface area contributed by atoms with Crippen molar-refractivity contribution in [3.05, 3.63) is 63.8 Å². The third-order valence-corrected chi connectivity index (χ3v) is 11.4. The number of hydrogen-bond donors (Lipinski definition) is 0. The third-order valence-electron chi connectivity index (χ3n) is 6.31. The van der Waals surface area contributed by atoms with Gasteiger partial charge in [0.25, 0.3) is 0 Å². The molecule has 0 atom stereocenters. The Bertz CT molecular complexity index is 1130. The van der Waals surface area contributed by atoms with Gasteiger partial charge in [-0.1, -0.05) is 39.0 Å². The summed E-state index contributed by atoms with van der Waals surface area (Å²) < 4.78 is 24.4. The van der Waals surface area contributed by atoms with Gasteiger partial charge in [0.15, 0.2) is 8.32 Å². The number of rotatable bonds is 10. The van der Waals surface area contributed by atoms with Crippen molar-refractivity contribution in [3.63, 3.8) is 0 Å². The Morgan fingerprint density at radius 1 is 1.12 bits per heavy atom. The molecule has 5 nitrogen and oxygen atoms in total. The number of fused-ring (bicyclic) bond motifs is 1. The highest BCUT2D eigenvalue weighted by atomic mass is 79.9. The van der Waals surface area contributed by atoms with Gasteiger partial charge in [-0.3, -0.25) is 4.79 Å². The lowest BCUT2D eigenvalue weighted by Crippen LogP contribution is -2.41. The fourth-order valence-electron chi connectivity index (χ4n) is 3.37. The van der Waals surface area contributed by atoms with E-state index in [1.807, 2.05) is 30.3 Å². The molecule has 0 saturated heterocycles. The largest absolute Gasteiger partial charge is 0.489 e. The molecule has 34 heavy (non-hydrogen) atoms. The quantitative estimate of drug-likeness (QED) is 0.195. The molecule has 0 saturated carbocycles. The normalized spacial score (nSPS) is 12.2. The maximum absolute atomic E-state index is 11.9. The van der Waals surface area contributed by atoms with Crippen molar-refractivity contribution < 1.29 is 23.1 Å². The summed E-state index contributed by atoms with van der Waals surface area (Å²) in [4.78, 5) is 11.9. The number of carbonyl (C=O) groups excluding carboxylic acids is 1. The van der Waals surface area contributed by atoms with E-state index in [1.54, 1.807) is 6.92 Å². The smallest absolute Gasteiger partial charge is 0.310 e. The van der Waals surface area contributed by atoms with Crippen LogP contribution in [0.4, 0.5) is 0 Å². The van der Waals surface area contributed by atoms with Gasteiger partial charge < -0.3 is 18.3 Å². The summed E-state index contributed by atoms with van der Waals surface area (Å²) in [5, 5.41) is 1.21. The predicted octanol–water partition coefficient (Wildman–Crippen LogP) is 7.44. The van der Waals surface area contributed by atoms with Crippen LogP contribution in [0.3, 0.4) is 0 Å². The van der Waals surface area contributed by atoms with Crippen molar-refractivity contribution in [1.29, 1.82) is 0 Å². The van der Waals surface area contributed by atoms with Gasteiger partial charge in [-0.25, -0.2) is 0 Å². The SMILES string of the molecule is CCOC(=O)Cc1ccccc1OCc1cc(Br)c2oc(CCO[Si](C)(C)C(C)(C)C)cc2c1. The molecule has 0 unspecified atom stereocenters. The lowest BCUT2D eigenvalue weighted by Gasteiger charge is -2.36. The molecule has 0 aliphatic rings. The number of hydrogen-bond acceptors (Lipinski definition) is 5. The monoisotopic (exact) mass is 546 g/mol. The zero-order valence-electron chi connectivity index (χ0n) is 21.0. The second-order valence-electron chi connectivity index (χ2n) is 9.95. The van der Waals surface area contributed by atoms with E-state index in [4.69, 9.17) is 18.3 Å². The number of halogens is 1. The molecule has 3 aromatic rings. The van der Waals surface area contributed by atoms with E-state index in [1.165, 1.54) is 0 Å². The molecule has 0 bridgehead atoms. The minimum Gasteiger partial charge on any atom is -0.489 e. The Labute approximate surface area is 212 Å². The Kier molecular flexibility index (Phi) is 8.65. The summed E-state index contributed by atoms with van der Waals surface area (Å²) >= 11 is 3.64. The lowest BCUT2D eigenvalue weighted by atomic mass is 10.1. The molecule has 0 aliphatic heterocycles. The summed E-state index contributed by atoms with van der Waals surface area (Å²) in [6.45, 7) is 14.5. The number of carbonyl (C=O) groups is 1. The maximum Gasteiger partial charge on any atom is 0.310 e. The first-order valence-electron chi connectivity index (χ1n) is 11.7. The van der Waals surface area contributed by atoms with Gasteiger partial charge in [0, 0.05) is 24.0 Å². The van der Waals surface area contributed by atoms with Gasteiger partial charge in [-0.2, -0.15) is 0 Å². The number of para-hydroxylation sites is 1. The molecule has 0 N–H and O–H groups in total. The van der Waals surface area contributed by atoms with Crippen LogP contribution in [0.2, 0.25) is 18.1 Å². The molecule has 0 amide bonds. The molecule has 0 radical (unpaired) electrons. The van der Waals surface area contributed by atoms with E-state index >= 15 is 0 Å². The number of esters is 1. The van der Waals surface area contributed by atoms with E-state index < -0.39 is 8.32 Å². The number of benzene rings is 2. The van der Waals surface area contributed by atoms with Gasteiger partial charge in [-0.05, 0) is 70.8 Å². The Morgan fingerprint density at radius 3 is 2.56 bits per heavy atom. The van der Waals surface area contributed by atoms with Gasteiger partial charge in [0.1, 0.15) is 23.7 Å². The first-order chi connectivity index (χ1) is 16.0. The van der Waals surface area contributed by atoms with Crippen LogP contribution in [0.25, 0.3) is 11.0 Å². The summed E-state index contributed by atoms with van der Waals surface area (Å²) in [7, 11) is -1.78. The molecular weight excluding hydrogens is 512 g/mol. The molecule has 0 fully saturated rings. The fraction of sp³-hybridized carbons (Fsp3) is 0.444. The molecule has 7 heteroatoms. The van der Waals surface area contributed by atoms with E-state index in [2.05, 4.69) is 61.9 Å². The zero-order chi connectivity index (χ0) is 24.9. The van der Waals surface area contributed by atoms with Crippen LogP contribution in [0.1, 0.15) is 44.6 Å². The minimum atomic E-state index is -1.78. The first-order valence-corrected chi connectivity index (χ1v) is 15.4. The van der Waals surface area contributed by atoms with Crippen molar-refractivity contribution in [1.82, 2.24) is 0 Å². The second kappa shape index (κ2) is 11.1. The van der Waals surface area contributed by atoms with Gasteiger partial charge in [0.2, 0.25) is 0 Å². The number of furan rings is 1. The van der Waals surface area contributed by atoms with Crippen LogP contribution in [0.15, 0.2) is 51.4 Å². The Balaban J connectivity index is 1.67. The van der Waals surface area contributed by atoms with Crippen LogP contribution < -0.4 is 4.74 Å². The minimum absolute atomic E-state index is 0.188. The molecule has 0 spiro atoms. The standard InChI is InChI=1S/C27H35BrO5Si/c1-7-30-25(29)17-20-10-8-9-11-24(20)31-18-19-14-21-16-22(33-26(21)23(28)15-19)12-13-32-34(5,6)27(2,3)4/h8-11,14-16H,7,12-13,17-18H2,1-6H3. The third kappa shape index (κ3) is 6.74. The fourth-order valence-corrected chi connectivity index (χ4v) is 5.02. The lowest BCUT2D eigenvalue weighted by molar-refractivity contribution is -0.142. The summed E-state index contributed by atoms with van der Waals surface area (Å²) in [5.41, 5.74) is 2.65.